The van der Waals surface area contributed by atoms with Crippen LogP contribution in [0.4, 0.5) is 0 Å². The van der Waals surface area contributed by atoms with Crippen LogP contribution >= 0.6 is 11.6 Å². The molecular weight excluding hydrogens is 256 g/mol. The maximum atomic E-state index is 9.21. The molecular formula is C12H11ClN2O3. The summed E-state index contributed by atoms with van der Waals surface area (Å²) in [6.07, 6.45) is 1.28. The van der Waals surface area contributed by atoms with Gasteiger partial charge in [-0.1, -0.05) is 29.8 Å². The summed E-state index contributed by atoms with van der Waals surface area (Å²) in [6.45, 7) is -0.128. The maximum absolute atomic E-state index is 9.21. The van der Waals surface area contributed by atoms with E-state index < -0.39 is 0 Å². The zero-order valence-electron chi connectivity index (χ0n) is 9.63. The van der Waals surface area contributed by atoms with Crippen LogP contribution < -0.4 is 9.47 Å². The lowest BCUT2D eigenvalue weighted by molar-refractivity contribution is 0.275. The van der Waals surface area contributed by atoms with Crippen molar-refractivity contribution in [3.8, 4) is 17.4 Å². The van der Waals surface area contributed by atoms with Crippen molar-refractivity contribution < 1.29 is 14.6 Å². The zero-order valence-corrected chi connectivity index (χ0v) is 10.4. The highest BCUT2D eigenvalue weighted by atomic mass is 35.5. The van der Waals surface area contributed by atoms with Gasteiger partial charge in [0.25, 0.3) is 5.88 Å². The number of aromatic nitrogens is 2. The normalized spacial score (nSPS) is 10.2. The van der Waals surface area contributed by atoms with E-state index in [4.69, 9.17) is 21.1 Å². The summed E-state index contributed by atoms with van der Waals surface area (Å²) >= 11 is 5.86. The number of hydrogen-bond donors (Lipinski definition) is 1. The molecule has 0 bridgehead atoms. The van der Waals surface area contributed by atoms with Crippen LogP contribution in [0.25, 0.3) is 0 Å². The maximum Gasteiger partial charge on any atom is 0.267 e. The number of ether oxygens (including phenoxy) is 2. The molecule has 0 aliphatic heterocycles. The summed E-state index contributed by atoms with van der Waals surface area (Å²) in [5.41, 5.74) is 0.647. The Morgan fingerprint density at radius 1 is 1.28 bits per heavy atom. The van der Waals surface area contributed by atoms with Gasteiger partial charge in [-0.05, 0) is 6.07 Å². The Labute approximate surface area is 109 Å². The van der Waals surface area contributed by atoms with Crippen LogP contribution in [0.2, 0.25) is 5.15 Å². The third-order valence-electron chi connectivity index (χ3n) is 2.28. The highest BCUT2D eigenvalue weighted by Gasteiger charge is 2.13. The summed E-state index contributed by atoms with van der Waals surface area (Å²) in [5.74, 6) is 0.957. The average molecular weight is 267 g/mol. The summed E-state index contributed by atoms with van der Waals surface area (Å²) < 4.78 is 10.7. The molecule has 5 nitrogen and oxygen atoms in total. The van der Waals surface area contributed by atoms with Gasteiger partial charge in [0.2, 0.25) is 5.75 Å². The minimum absolute atomic E-state index is 0.128. The minimum atomic E-state index is -0.128. The second-order valence-corrected chi connectivity index (χ2v) is 3.73. The van der Waals surface area contributed by atoms with Crippen LogP contribution in [0.3, 0.4) is 0 Å². The number of hydrogen-bond acceptors (Lipinski definition) is 5. The summed E-state index contributed by atoms with van der Waals surface area (Å²) in [6, 6.07) is 7.08. The monoisotopic (exact) mass is 266 g/mol. The van der Waals surface area contributed by atoms with Crippen LogP contribution in [-0.4, -0.2) is 22.2 Å². The van der Waals surface area contributed by atoms with Crippen LogP contribution in [0.15, 0.2) is 30.6 Å². The quantitative estimate of drug-likeness (QED) is 0.861. The largest absolute Gasteiger partial charge is 0.489 e. The van der Waals surface area contributed by atoms with Crippen molar-refractivity contribution in [2.45, 2.75) is 6.61 Å². The number of benzene rings is 1. The zero-order chi connectivity index (χ0) is 13.0. The molecule has 18 heavy (non-hydrogen) atoms. The first-order valence-corrected chi connectivity index (χ1v) is 5.55. The molecule has 0 aliphatic carbocycles. The number of halogens is 1. The fourth-order valence-electron chi connectivity index (χ4n) is 1.42. The molecule has 94 valence electrons. The van der Waals surface area contributed by atoms with Crippen molar-refractivity contribution in [2.75, 3.05) is 7.11 Å². The van der Waals surface area contributed by atoms with Gasteiger partial charge in [-0.3, -0.25) is 0 Å². The van der Waals surface area contributed by atoms with E-state index in [-0.39, 0.29) is 23.4 Å². The fraction of sp³-hybridized carbons (Fsp3) is 0.167. The number of rotatable bonds is 4. The van der Waals surface area contributed by atoms with E-state index in [9.17, 15) is 5.11 Å². The standard InChI is InChI=1S/C12H11ClN2O3/c1-17-10-11(13)14-7-15-12(10)18-9-5-3-2-4-8(9)6-16/h2-5,7,16H,6H2,1H3. The first kappa shape index (κ1) is 12.6. The van der Waals surface area contributed by atoms with E-state index in [0.717, 1.165) is 0 Å². The smallest absolute Gasteiger partial charge is 0.267 e. The van der Waals surface area contributed by atoms with Crippen LogP contribution in [0.5, 0.6) is 17.4 Å². The second kappa shape index (κ2) is 5.66. The lowest BCUT2D eigenvalue weighted by Gasteiger charge is -2.11. The molecule has 2 aromatic rings. The predicted molar refractivity (Wildman–Crippen MR) is 66.0 cm³/mol. The molecule has 0 atom stereocenters. The van der Waals surface area contributed by atoms with Crippen molar-refractivity contribution in [1.82, 2.24) is 9.97 Å². The minimum Gasteiger partial charge on any atom is -0.489 e. The fourth-order valence-corrected chi connectivity index (χ4v) is 1.62. The van der Waals surface area contributed by atoms with Gasteiger partial charge in [-0.15, -0.1) is 0 Å². The van der Waals surface area contributed by atoms with Crippen LogP contribution in [-0.2, 0) is 6.61 Å². The van der Waals surface area contributed by atoms with E-state index >= 15 is 0 Å². The summed E-state index contributed by atoms with van der Waals surface area (Å²) in [7, 11) is 1.45. The molecule has 0 spiro atoms. The van der Waals surface area contributed by atoms with Gasteiger partial charge in [0.1, 0.15) is 12.1 Å². The van der Waals surface area contributed by atoms with E-state index in [1.807, 2.05) is 6.07 Å². The molecule has 0 aliphatic rings. The molecule has 1 N–H and O–H groups in total. The molecule has 0 saturated heterocycles. The van der Waals surface area contributed by atoms with Crippen molar-refractivity contribution in [1.29, 1.82) is 0 Å². The van der Waals surface area contributed by atoms with Gasteiger partial charge < -0.3 is 14.6 Å². The summed E-state index contributed by atoms with van der Waals surface area (Å²) in [5, 5.41) is 9.38. The van der Waals surface area contributed by atoms with E-state index in [2.05, 4.69) is 9.97 Å². The highest BCUT2D eigenvalue weighted by Crippen LogP contribution is 2.34. The van der Waals surface area contributed by atoms with Crippen LogP contribution in [0.1, 0.15) is 5.56 Å². The number of aliphatic hydroxyl groups is 1. The SMILES string of the molecule is COc1c(Cl)ncnc1Oc1ccccc1CO. The Bertz CT molecular complexity index is 549. The third-order valence-corrected chi connectivity index (χ3v) is 2.55. The first-order valence-electron chi connectivity index (χ1n) is 5.17. The first-order chi connectivity index (χ1) is 8.76. The number of aliphatic hydroxyl groups excluding tert-OH is 1. The van der Waals surface area contributed by atoms with E-state index in [1.54, 1.807) is 18.2 Å². The van der Waals surface area contributed by atoms with Crippen molar-refractivity contribution >= 4 is 11.6 Å². The Kier molecular flexibility index (Phi) is 3.96. The molecule has 0 saturated carbocycles. The lowest BCUT2D eigenvalue weighted by Crippen LogP contribution is -1.97. The molecule has 2 rings (SSSR count). The van der Waals surface area contributed by atoms with Gasteiger partial charge in [0.15, 0.2) is 5.15 Å². The van der Waals surface area contributed by atoms with E-state index in [1.165, 1.54) is 13.4 Å². The van der Waals surface area contributed by atoms with Gasteiger partial charge in [-0.2, -0.15) is 4.98 Å². The molecule has 0 amide bonds. The third kappa shape index (κ3) is 2.52. The average Bonchev–Trinajstić information content (AvgIpc) is 2.40. The Hall–Kier alpha value is -1.85. The Balaban J connectivity index is 2.37. The van der Waals surface area contributed by atoms with Gasteiger partial charge >= 0.3 is 0 Å². The molecule has 0 unspecified atom stereocenters. The molecule has 6 heteroatoms. The summed E-state index contributed by atoms with van der Waals surface area (Å²) in [4.78, 5) is 7.75. The van der Waals surface area contributed by atoms with Crippen LogP contribution in [0, 0.1) is 0 Å². The highest BCUT2D eigenvalue weighted by molar-refractivity contribution is 6.31. The molecule has 1 aromatic carbocycles. The van der Waals surface area contributed by atoms with Gasteiger partial charge in [0.05, 0.1) is 13.7 Å². The lowest BCUT2D eigenvalue weighted by atomic mass is 10.2. The number of methoxy groups -OCH3 is 1. The van der Waals surface area contributed by atoms with E-state index in [0.29, 0.717) is 11.3 Å². The predicted octanol–water partition coefficient (Wildman–Crippen LogP) is 2.42. The molecule has 1 heterocycles. The number of nitrogens with zero attached hydrogens (tertiary/aromatic N) is 2. The topological polar surface area (TPSA) is 64.5 Å². The Morgan fingerprint density at radius 3 is 2.78 bits per heavy atom. The Morgan fingerprint density at radius 2 is 2.06 bits per heavy atom. The van der Waals surface area contributed by atoms with Crippen molar-refractivity contribution in [2.24, 2.45) is 0 Å². The second-order valence-electron chi connectivity index (χ2n) is 3.37. The van der Waals surface area contributed by atoms with Crippen molar-refractivity contribution in [3.63, 3.8) is 0 Å². The molecule has 0 fully saturated rings. The van der Waals surface area contributed by atoms with Crippen molar-refractivity contribution in [3.05, 3.63) is 41.3 Å². The van der Waals surface area contributed by atoms with Gasteiger partial charge in [-0.25, -0.2) is 4.98 Å². The number of para-hydroxylation sites is 1. The molecule has 1 aromatic heterocycles. The van der Waals surface area contributed by atoms with Gasteiger partial charge in [0, 0.05) is 5.56 Å². The molecule has 0 radical (unpaired) electrons.